The minimum atomic E-state index is -3.42. The van der Waals surface area contributed by atoms with Crippen LogP contribution in [0.1, 0.15) is 10.4 Å². The molecule has 7 nitrogen and oxygen atoms in total. The maximum atomic E-state index is 13.7. The number of aliphatic hydroxyl groups excluding tert-OH is 1. The fourth-order valence-corrected chi connectivity index (χ4v) is 2.94. The molecule has 0 saturated carbocycles. The van der Waals surface area contributed by atoms with Gasteiger partial charge in [-0.05, 0) is 29.7 Å². The van der Waals surface area contributed by atoms with Gasteiger partial charge in [0.1, 0.15) is 5.56 Å². The number of aliphatic hydroxyl groups is 1. The Morgan fingerprint density at radius 3 is 2.52 bits per heavy atom. The van der Waals surface area contributed by atoms with Crippen LogP contribution in [0.25, 0.3) is 16.9 Å². The highest BCUT2D eigenvalue weighted by Crippen LogP contribution is 2.20. The van der Waals surface area contributed by atoms with E-state index in [1.807, 2.05) is 0 Å². The summed E-state index contributed by atoms with van der Waals surface area (Å²) in [4.78, 5) is 25.1. The summed E-state index contributed by atoms with van der Waals surface area (Å²) in [5.74, 6) is -1.28. The SMILES string of the molecule is O=C(NC(F)[C@H](O)C(F)F)c1cc(-c2ccc(Cl)cc2)nn(-c2cnsc2)c1=O. The van der Waals surface area contributed by atoms with Crippen molar-refractivity contribution in [1.29, 1.82) is 0 Å². The molecule has 0 saturated heterocycles. The third-order valence-corrected chi connectivity index (χ3v) is 4.61. The lowest BCUT2D eigenvalue weighted by Crippen LogP contribution is -2.45. The minimum absolute atomic E-state index is 0.169. The van der Waals surface area contributed by atoms with Crippen LogP contribution in [-0.2, 0) is 0 Å². The highest BCUT2D eigenvalue weighted by atomic mass is 35.5. The molecule has 0 aliphatic rings. The lowest BCUT2D eigenvalue weighted by molar-refractivity contribution is -0.0551. The van der Waals surface area contributed by atoms with Crippen molar-refractivity contribution >= 4 is 29.0 Å². The first kappa shape index (κ1) is 21.0. The smallest absolute Gasteiger partial charge is 0.284 e. The number of halogens is 4. The number of nitrogens with zero attached hydrogens (tertiary/aromatic N) is 3. The number of carbonyl (C=O) groups excluding carboxylic acids is 1. The van der Waals surface area contributed by atoms with E-state index in [1.165, 1.54) is 11.6 Å². The van der Waals surface area contributed by atoms with Crippen molar-refractivity contribution in [3.05, 3.63) is 62.8 Å². The summed E-state index contributed by atoms with van der Waals surface area (Å²) in [6.07, 6.45) is -7.59. The van der Waals surface area contributed by atoms with Crippen LogP contribution in [0.15, 0.2) is 46.7 Å². The van der Waals surface area contributed by atoms with Gasteiger partial charge in [0.2, 0.25) is 6.30 Å². The maximum absolute atomic E-state index is 13.7. The molecule has 1 amide bonds. The second-order valence-corrected chi connectivity index (χ2v) is 6.84. The lowest BCUT2D eigenvalue weighted by Gasteiger charge is -2.16. The van der Waals surface area contributed by atoms with Gasteiger partial charge in [-0.2, -0.15) is 14.2 Å². The molecule has 1 aromatic carbocycles. The van der Waals surface area contributed by atoms with E-state index in [2.05, 4.69) is 9.47 Å². The summed E-state index contributed by atoms with van der Waals surface area (Å²) in [5.41, 5.74) is -0.555. The molecule has 3 rings (SSSR count). The first-order valence-electron chi connectivity index (χ1n) is 7.99. The molecule has 0 fully saturated rings. The molecule has 3 aromatic rings. The maximum Gasteiger partial charge on any atom is 0.284 e. The van der Waals surface area contributed by atoms with Crippen molar-refractivity contribution in [2.24, 2.45) is 0 Å². The largest absolute Gasteiger partial charge is 0.382 e. The van der Waals surface area contributed by atoms with Gasteiger partial charge in [0.15, 0.2) is 6.10 Å². The fraction of sp³-hybridized carbons (Fsp3) is 0.176. The van der Waals surface area contributed by atoms with Crippen LogP contribution in [0, 0.1) is 0 Å². The molecule has 29 heavy (non-hydrogen) atoms. The Hall–Kier alpha value is -2.76. The monoisotopic (exact) mass is 444 g/mol. The van der Waals surface area contributed by atoms with E-state index in [-0.39, 0.29) is 11.4 Å². The first-order valence-corrected chi connectivity index (χ1v) is 9.20. The topological polar surface area (TPSA) is 97.1 Å². The molecule has 2 atom stereocenters. The van der Waals surface area contributed by atoms with Gasteiger partial charge in [-0.3, -0.25) is 9.59 Å². The van der Waals surface area contributed by atoms with Gasteiger partial charge < -0.3 is 10.4 Å². The van der Waals surface area contributed by atoms with Gasteiger partial charge in [0.25, 0.3) is 17.9 Å². The zero-order valence-corrected chi connectivity index (χ0v) is 15.9. The van der Waals surface area contributed by atoms with Crippen molar-refractivity contribution in [1.82, 2.24) is 19.5 Å². The molecule has 152 valence electrons. The van der Waals surface area contributed by atoms with Crippen molar-refractivity contribution < 1.29 is 23.1 Å². The number of carbonyl (C=O) groups is 1. The second-order valence-electron chi connectivity index (χ2n) is 5.75. The fourth-order valence-electron chi connectivity index (χ4n) is 2.31. The van der Waals surface area contributed by atoms with Gasteiger partial charge in [-0.15, -0.1) is 0 Å². The standard InChI is InChI=1S/C17H12ClF3N4O3S/c18-9-3-1-8(2-4-9)12-5-11(16(27)23-15(21)13(26)14(19)20)17(28)25(24-12)10-6-22-29-7-10/h1-7,13-15,26H,(H,23,27)/t13-,15?/m1/s1. The van der Waals surface area contributed by atoms with Crippen LogP contribution in [0.3, 0.4) is 0 Å². The second kappa shape index (κ2) is 8.72. The molecule has 0 aliphatic heterocycles. The molecule has 2 N–H and O–H groups in total. The summed E-state index contributed by atoms with van der Waals surface area (Å²) < 4.78 is 43.4. The van der Waals surface area contributed by atoms with E-state index in [9.17, 15) is 22.8 Å². The Morgan fingerprint density at radius 2 is 1.93 bits per heavy atom. The zero-order valence-electron chi connectivity index (χ0n) is 14.3. The highest BCUT2D eigenvalue weighted by molar-refractivity contribution is 7.03. The number of amides is 1. The van der Waals surface area contributed by atoms with Gasteiger partial charge in [0, 0.05) is 16.0 Å². The van der Waals surface area contributed by atoms with Crippen LogP contribution in [0.4, 0.5) is 13.2 Å². The summed E-state index contributed by atoms with van der Waals surface area (Å²) in [7, 11) is 0. The van der Waals surface area contributed by atoms with E-state index in [0.29, 0.717) is 10.6 Å². The average Bonchev–Trinajstić information content (AvgIpc) is 3.22. The Kier molecular flexibility index (Phi) is 6.30. The average molecular weight is 445 g/mol. The summed E-state index contributed by atoms with van der Waals surface area (Å²) in [5, 5.41) is 16.8. The molecule has 2 aromatic heterocycles. The predicted molar refractivity (Wildman–Crippen MR) is 100 cm³/mol. The van der Waals surface area contributed by atoms with Crippen molar-refractivity contribution in [2.45, 2.75) is 18.8 Å². The Morgan fingerprint density at radius 1 is 1.24 bits per heavy atom. The molecular weight excluding hydrogens is 433 g/mol. The Labute approximate surface area is 170 Å². The van der Waals surface area contributed by atoms with Crippen molar-refractivity contribution in [3.63, 3.8) is 0 Å². The number of rotatable bonds is 6. The number of benzene rings is 1. The van der Waals surface area contributed by atoms with Crippen LogP contribution in [0.5, 0.6) is 0 Å². The van der Waals surface area contributed by atoms with E-state index in [0.717, 1.165) is 22.3 Å². The summed E-state index contributed by atoms with van der Waals surface area (Å²) >= 11 is 6.89. The zero-order chi connectivity index (χ0) is 21.1. The van der Waals surface area contributed by atoms with Crippen molar-refractivity contribution in [3.8, 4) is 16.9 Å². The quantitative estimate of drug-likeness (QED) is 0.570. The lowest BCUT2D eigenvalue weighted by atomic mass is 10.1. The van der Waals surface area contributed by atoms with Crippen molar-refractivity contribution in [2.75, 3.05) is 0 Å². The van der Waals surface area contributed by atoms with E-state index >= 15 is 0 Å². The molecule has 0 radical (unpaired) electrons. The van der Waals surface area contributed by atoms with Crippen LogP contribution in [-0.4, -0.2) is 44.0 Å². The van der Waals surface area contributed by atoms with Crippen LogP contribution < -0.4 is 10.9 Å². The molecule has 0 aliphatic carbocycles. The predicted octanol–water partition coefficient (Wildman–Crippen LogP) is 2.66. The highest BCUT2D eigenvalue weighted by Gasteiger charge is 2.30. The third kappa shape index (κ3) is 4.63. The van der Waals surface area contributed by atoms with Gasteiger partial charge in [0.05, 0.1) is 17.6 Å². The Balaban J connectivity index is 2.07. The minimum Gasteiger partial charge on any atom is -0.382 e. The normalized spacial score (nSPS) is 13.3. The third-order valence-electron chi connectivity index (χ3n) is 3.79. The molecule has 0 bridgehead atoms. The molecule has 1 unspecified atom stereocenters. The summed E-state index contributed by atoms with van der Waals surface area (Å²) in [6.45, 7) is 0. The molecule has 0 spiro atoms. The number of hydrogen-bond acceptors (Lipinski definition) is 6. The van der Waals surface area contributed by atoms with E-state index in [4.69, 9.17) is 16.7 Å². The molecule has 12 heteroatoms. The van der Waals surface area contributed by atoms with Crippen LogP contribution >= 0.6 is 23.1 Å². The number of aromatic nitrogens is 3. The Bertz CT molecular complexity index is 1060. The van der Waals surface area contributed by atoms with Gasteiger partial charge in [-0.1, -0.05) is 23.7 Å². The molecule has 2 heterocycles. The van der Waals surface area contributed by atoms with Gasteiger partial charge in [-0.25, -0.2) is 13.2 Å². The van der Waals surface area contributed by atoms with Gasteiger partial charge >= 0.3 is 0 Å². The molecular formula is C17H12ClF3N4O3S. The number of alkyl halides is 3. The first-order chi connectivity index (χ1) is 13.8. The van der Waals surface area contributed by atoms with E-state index < -0.39 is 35.9 Å². The number of hydrogen-bond donors (Lipinski definition) is 2. The summed E-state index contributed by atoms with van der Waals surface area (Å²) in [6, 6.07) is 7.41. The van der Waals surface area contributed by atoms with E-state index in [1.54, 1.807) is 29.6 Å². The number of nitrogens with one attached hydrogen (secondary N) is 1. The van der Waals surface area contributed by atoms with Crippen LogP contribution in [0.2, 0.25) is 5.02 Å².